The summed E-state index contributed by atoms with van der Waals surface area (Å²) < 4.78 is 10.5. The molecule has 0 spiro atoms. The van der Waals surface area contributed by atoms with Gasteiger partial charge in [-0.1, -0.05) is 0 Å². The van der Waals surface area contributed by atoms with E-state index in [9.17, 15) is 5.11 Å². The van der Waals surface area contributed by atoms with Gasteiger partial charge in [0.05, 0.1) is 20.3 Å². The van der Waals surface area contributed by atoms with Gasteiger partial charge >= 0.3 is 0 Å². The smallest absolute Gasteiger partial charge is 0.134 e. The summed E-state index contributed by atoms with van der Waals surface area (Å²) >= 11 is 0. The number of aliphatic hydroxyl groups is 1. The molecule has 3 N–H and O–H groups in total. The molecule has 1 aromatic rings. The molecule has 0 saturated carbocycles. The third kappa shape index (κ3) is 3.62. The summed E-state index contributed by atoms with van der Waals surface area (Å²) in [6, 6.07) is 5.97. The van der Waals surface area contributed by atoms with Gasteiger partial charge in [0.15, 0.2) is 0 Å². The van der Waals surface area contributed by atoms with Crippen molar-refractivity contribution in [1.82, 2.24) is 0 Å². The minimum absolute atomic E-state index is 0.0611. The highest BCUT2D eigenvalue weighted by molar-refractivity contribution is 5.41. The molecule has 0 aliphatic rings. The summed E-state index contributed by atoms with van der Waals surface area (Å²) in [5.41, 5.74) is 0.765. The van der Waals surface area contributed by atoms with E-state index in [1.807, 2.05) is 25.1 Å². The van der Waals surface area contributed by atoms with Crippen LogP contribution in [0.1, 0.15) is 32.4 Å². The maximum absolute atomic E-state index is 10.4. The van der Waals surface area contributed by atoms with Gasteiger partial charge < -0.3 is 19.9 Å². The first-order valence-corrected chi connectivity index (χ1v) is 6.24. The summed E-state index contributed by atoms with van der Waals surface area (Å²) in [4.78, 5) is 0. The van der Waals surface area contributed by atoms with Gasteiger partial charge in [-0.15, -0.1) is 0 Å². The number of quaternary nitrogens is 1. The van der Waals surface area contributed by atoms with Crippen molar-refractivity contribution in [3.05, 3.63) is 23.8 Å². The summed E-state index contributed by atoms with van der Waals surface area (Å²) in [7, 11) is 3.22. The van der Waals surface area contributed by atoms with E-state index in [4.69, 9.17) is 9.47 Å². The van der Waals surface area contributed by atoms with E-state index in [1.54, 1.807) is 14.2 Å². The Kier molecular flexibility index (Phi) is 5.44. The van der Waals surface area contributed by atoms with Crippen LogP contribution >= 0.6 is 0 Å². The van der Waals surface area contributed by atoms with Crippen LogP contribution in [0.25, 0.3) is 0 Å². The van der Waals surface area contributed by atoms with Crippen LogP contribution in [0.15, 0.2) is 18.2 Å². The highest BCUT2D eigenvalue weighted by Crippen LogP contribution is 2.30. The number of ether oxygens (including phenoxy) is 2. The zero-order chi connectivity index (χ0) is 13.7. The Labute approximate surface area is 109 Å². The highest BCUT2D eigenvalue weighted by atomic mass is 16.5. The fourth-order valence-corrected chi connectivity index (χ4v) is 2.07. The number of aliphatic hydroxyl groups excluding tert-OH is 1. The molecular weight excluding hydrogens is 230 g/mol. The van der Waals surface area contributed by atoms with Gasteiger partial charge in [-0.05, 0) is 39.0 Å². The topological polar surface area (TPSA) is 55.3 Å². The average Bonchev–Trinajstić information content (AvgIpc) is 2.36. The van der Waals surface area contributed by atoms with E-state index >= 15 is 0 Å². The number of hydrogen-bond acceptors (Lipinski definition) is 3. The van der Waals surface area contributed by atoms with Crippen LogP contribution in [0.4, 0.5) is 0 Å². The first-order chi connectivity index (χ1) is 8.49. The Morgan fingerprint density at radius 1 is 1.11 bits per heavy atom. The largest absolute Gasteiger partial charge is 0.497 e. The summed E-state index contributed by atoms with van der Waals surface area (Å²) in [6.07, 6.45) is -0.586. The minimum atomic E-state index is -0.586. The molecule has 0 saturated heterocycles. The number of nitrogens with two attached hydrogens (primary N) is 1. The van der Waals surface area contributed by atoms with Crippen LogP contribution in [-0.4, -0.2) is 31.4 Å². The molecule has 0 fully saturated rings. The molecule has 4 heteroatoms. The molecule has 0 unspecified atom stereocenters. The van der Waals surface area contributed by atoms with Gasteiger partial charge in [0, 0.05) is 5.56 Å². The molecule has 0 aliphatic heterocycles. The number of methoxy groups -OCH3 is 2. The molecule has 0 amide bonds. The molecule has 1 aromatic carbocycles. The summed E-state index contributed by atoms with van der Waals surface area (Å²) in [5, 5.41) is 12.5. The van der Waals surface area contributed by atoms with Crippen LogP contribution in [-0.2, 0) is 0 Å². The quantitative estimate of drug-likeness (QED) is 0.799. The third-order valence-electron chi connectivity index (χ3n) is 2.94. The highest BCUT2D eigenvalue weighted by Gasteiger charge is 2.24. The predicted molar refractivity (Wildman–Crippen MR) is 71.0 cm³/mol. The van der Waals surface area contributed by atoms with E-state index in [0.717, 1.165) is 11.3 Å². The number of hydrogen-bond donors (Lipinski definition) is 2. The van der Waals surface area contributed by atoms with Gasteiger partial charge in [-0.25, -0.2) is 0 Å². The standard InChI is InChI=1S/C14H23NO3/c1-9(2)15-10(3)14(16)12-8-11(17-4)6-7-13(12)18-5/h6-10,14-16H,1-5H3/p+1/t10-,14-/m1/s1. The van der Waals surface area contributed by atoms with Crippen LogP contribution < -0.4 is 14.8 Å². The molecule has 1 rings (SSSR count). The Morgan fingerprint density at radius 3 is 2.28 bits per heavy atom. The van der Waals surface area contributed by atoms with Crippen molar-refractivity contribution < 1.29 is 19.9 Å². The Morgan fingerprint density at radius 2 is 1.78 bits per heavy atom. The lowest BCUT2D eigenvalue weighted by Gasteiger charge is -2.21. The maximum Gasteiger partial charge on any atom is 0.134 e. The van der Waals surface area contributed by atoms with Crippen LogP contribution in [0.3, 0.4) is 0 Å². The molecule has 18 heavy (non-hydrogen) atoms. The van der Waals surface area contributed by atoms with Crippen molar-refractivity contribution in [3.8, 4) is 11.5 Å². The lowest BCUT2D eigenvalue weighted by atomic mass is 10.0. The van der Waals surface area contributed by atoms with Crippen LogP contribution in [0.2, 0.25) is 0 Å². The molecular formula is C14H24NO3+. The van der Waals surface area contributed by atoms with E-state index in [1.165, 1.54) is 0 Å². The fourth-order valence-electron chi connectivity index (χ4n) is 2.07. The van der Waals surface area contributed by atoms with Gasteiger partial charge in [-0.2, -0.15) is 0 Å². The van der Waals surface area contributed by atoms with E-state index in [0.29, 0.717) is 11.8 Å². The number of rotatable bonds is 6. The van der Waals surface area contributed by atoms with Crippen LogP contribution in [0.5, 0.6) is 11.5 Å². The summed E-state index contributed by atoms with van der Waals surface area (Å²) in [6.45, 7) is 6.21. The average molecular weight is 254 g/mol. The molecule has 0 aromatic heterocycles. The van der Waals surface area contributed by atoms with Crippen molar-refractivity contribution in [1.29, 1.82) is 0 Å². The molecule has 4 nitrogen and oxygen atoms in total. The predicted octanol–water partition coefficient (Wildman–Crippen LogP) is 1.10. The van der Waals surface area contributed by atoms with Crippen molar-refractivity contribution in [2.24, 2.45) is 0 Å². The zero-order valence-corrected chi connectivity index (χ0v) is 11.8. The van der Waals surface area contributed by atoms with Crippen molar-refractivity contribution >= 4 is 0 Å². The second-order valence-electron chi connectivity index (χ2n) is 4.85. The lowest BCUT2D eigenvalue weighted by Crippen LogP contribution is -2.94. The normalized spacial score (nSPS) is 14.4. The monoisotopic (exact) mass is 254 g/mol. The summed E-state index contributed by atoms with van der Waals surface area (Å²) in [5.74, 6) is 1.41. The fraction of sp³-hybridized carbons (Fsp3) is 0.571. The zero-order valence-electron chi connectivity index (χ0n) is 11.8. The second-order valence-corrected chi connectivity index (χ2v) is 4.85. The van der Waals surface area contributed by atoms with Crippen molar-refractivity contribution in [3.63, 3.8) is 0 Å². The van der Waals surface area contributed by atoms with Crippen LogP contribution in [0, 0.1) is 0 Å². The molecule has 102 valence electrons. The molecule has 0 aliphatic carbocycles. The Bertz CT molecular complexity index is 379. The van der Waals surface area contributed by atoms with Gasteiger partial charge in [0.25, 0.3) is 0 Å². The van der Waals surface area contributed by atoms with Crippen molar-refractivity contribution in [2.45, 2.75) is 39.0 Å². The van der Waals surface area contributed by atoms with Gasteiger partial charge in [-0.3, -0.25) is 0 Å². The van der Waals surface area contributed by atoms with E-state index in [2.05, 4.69) is 19.2 Å². The minimum Gasteiger partial charge on any atom is -0.497 e. The SMILES string of the molecule is COc1ccc(OC)c([C@H](O)[C@@H](C)[NH2+]C(C)C)c1. The number of benzene rings is 1. The lowest BCUT2D eigenvalue weighted by molar-refractivity contribution is -0.720. The first-order valence-electron chi connectivity index (χ1n) is 6.24. The third-order valence-corrected chi connectivity index (χ3v) is 2.94. The molecule has 0 heterocycles. The second kappa shape index (κ2) is 6.61. The molecule has 0 radical (unpaired) electrons. The van der Waals surface area contributed by atoms with Gasteiger partial charge in [0.1, 0.15) is 23.6 Å². The van der Waals surface area contributed by atoms with Crippen molar-refractivity contribution in [2.75, 3.05) is 14.2 Å². The first kappa shape index (κ1) is 14.8. The molecule has 2 atom stereocenters. The Balaban J connectivity index is 2.98. The Hall–Kier alpha value is -1.26. The van der Waals surface area contributed by atoms with Gasteiger partial charge in [0.2, 0.25) is 0 Å². The van der Waals surface area contributed by atoms with E-state index in [-0.39, 0.29) is 6.04 Å². The van der Waals surface area contributed by atoms with E-state index < -0.39 is 6.10 Å². The molecule has 0 bridgehead atoms. The maximum atomic E-state index is 10.4.